The summed E-state index contributed by atoms with van der Waals surface area (Å²) in [7, 11) is 1.66. The van der Waals surface area contributed by atoms with Crippen LogP contribution < -0.4 is 10.6 Å². The maximum Gasteiger partial charge on any atom is 0.330 e. The fourth-order valence-electron chi connectivity index (χ4n) is 1.89. The fourth-order valence-corrected chi connectivity index (χ4v) is 1.89. The second-order valence-electron chi connectivity index (χ2n) is 4.61. The third kappa shape index (κ3) is 4.53. The summed E-state index contributed by atoms with van der Waals surface area (Å²) in [6.07, 6.45) is 5.80. The Bertz CT molecular complexity index is 584. The molecule has 2 aromatic heterocycles. The maximum atomic E-state index is 10.8. The largest absolute Gasteiger partial charge is 0.363 e. The molecule has 0 aliphatic heterocycles. The highest BCUT2D eigenvalue weighted by atomic mass is 16.6. The highest BCUT2D eigenvalue weighted by Crippen LogP contribution is 2.20. The number of pyridine rings is 1. The van der Waals surface area contributed by atoms with E-state index in [2.05, 4.69) is 20.7 Å². The van der Waals surface area contributed by atoms with Crippen LogP contribution in [-0.4, -0.2) is 32.8 Å². The SMILES string of the molecule is Cn1cc([N+](=O)[O-])c(NCCCNCc2cccnc2)n1. The molecule has 2 heterocycles. The lowest BCUT2D eigenvalue weighted by Gasteiger charge is -2.05. The third-order valence-corrected chi connectivity index (χ3v) is 2.88. The van der Waals surface area contributed by atoms with E-state index < -0.39 is 4.92 Å². The van der Waals surface area contributed by atoms with Crippen molar-refractivity contribution in [2.75, 3.05) is 18.4 Å². The zero-order chi connectivity index (χ0) is 15.1. The number of hydrogen-bond acceptors (Lipinski definition) is 6. The van der Waals surface area contributed by atoms with Gasteiger partial charge in [0.1, 0.15) is 6.20 Å². The number of nitro groups is 1. The maximum absolute atomic E-state index is 10.8. The molecule has 2 rings (SSSR count). The van der Waals surface area contributed by atoms with Gasteiger partial charge in [-0.1, -0.05) is 6.07 Å². The molecule has 0 aliphatic rings. The predicted molar refractivity (Wildman–Crippen MR) is 78.9 cm³/mol. The van der Waals surface area contributed by atoms with Gasteiger partial charge in [-0.15, -0.1) is 5.10 Å². The van der Waals surface area contributed by atoms with Crippen LogP contribution in [0.25, 0.3) is 0 Å². The van der Waals surface area contributed by atoms with E-state index in [-0.39, 0.29) is 5.69 Å². The molecule has 0 bridgehead atoms. The van der Waals surface area contributed by atoms with Crippen molar-refractivity contribution < 1.29 is 4.92 Å². The molecular formula is C13H18N6O2. The summed E-state index contributed by atoms with van der Waals surface area (Å²) in [6, 6.07) is 3.91. The molecule has 0 aromatic carbocycles. The van der Waals surface area contributed by atoms with Crippen molar-refractivity contribution in [3.05, 3.63) is 46.4 Å². The lowest BCUT2D eigenvalue weighted by Crippen LogP contribution is -2.18. The van der Waals surface area contributed by atoms with Crippen molar-refractivity contribution in [3.63, 3.8) is 0 Å². The molecule has 2 aromatic rings. The van der Waals surface area contributed by atoms with E-state index in [1.807, 2.05) is 18.3 Å². The van der Waals surface area contributed by atoms with Crippen LogP contribution in [0.5, 0.6) is 0 Å². The summed E-state index contributed by atoms with van der Waals surface area (Å²) in [5.41, 5.74) is 1.13. The Labute approximate surface area is 122 Å². The van der Waals surface area contributed by atoms with Crippen molar-refractivity contribution in [1.29, 1.82) is 0 Å². The van der Waals surface area contributed by atoms with E-state index in [0.717, 1.165) is 25.1 Å². The van der Waals surface area contributed by atoms with E-state index in [9.17, 15) is 10.1 Å². The molecule has 0 spiro atoms. The highest BCUT2D eigenvalue weighted by Gasteiger charge is 2.17. The number of aryl methyl sites for hydroxylation is 1. The second kappa shape index (κ2) is 7.34. The van der Waals surface area contributed by atoms with Gasteiger partial charge in [-0.25, -0.2) is 0 Å². The lowest BCUT2D eigenvalue weighted by molar-refractivity contribution is -0.384. The van der Waals surface area contributed by atoms with E-state index in [1.54, 1.807) is 13.2 Å². The summed E-state index contributed by atoms with van der Waals surface area (Å²) >= 11 is 0. The molecule has 0 unspecified atom stereocenters. The number of aromatic nitrogens is 3. The number of nitrogens with zero attached hydrogens (tertiary/aromatic N) is 4. The van der Waals surface area contributed by atoms with Gasteiger partial charge in [-0.3, -0.25) is 19.8 Å². The average Bonchev–Trinajstić information content (AvgIpc) is 2.85. The van der Waals surface area contributed by atoms with E-state index >= 15 is 0 Å². The summed E-state index contributed by atoms with van der Waals surface area (Å²) < 4.78 is 1.43. The summed E-state index contributed by atoms with van der Waals surface area (Å²) in [5, 5.41) is 21.1. The molecule has 112 valence electrons. The van der Waals surface area contributed by atoms with Crippen LogP contribution in [0.15, 0.2) is 30.7 Å². The second-order valence-corrected chi connectivity index (χ2v) is 4.61. The molecule has 8 heteroatoms. The van der Waals surface area contributed by atoms with Crippen molar-refractivity contribution in [3.8, 4) is 0 Å². The van der Waals surface area contributed by atoms with Crippen molar-refractivity contribution in [2.45, 2.75) is 13.0 Å². The quantitative estimate of drug-likeness (QED) is 0.432. The first kappa shape index (κ1) is 14.9. The zero-order valence-electron chi connectivity index (χ0n) is 11.8. The standard InChI is InChI=1S/C13H18N6O2/c1-18-10-12(19(20)21)13(17-18)16-7-3-6-15-9-11-4-2-5-14-8-11/h2,4-5,8,10,15H,3,6-7,9H2,1H3,(H,16,17). The van der Waals surface area contributed by atoms with Crippen LogP contribution in [0.3, 0.4) is 0 Å². The molecule has 0 amide bonds. The predicted octanol–water partition coefficient (Wildman–Crippen LogP) is 1.32. The van der Waals surface area contributed by atoms with Crippen molar-refractivity contribution in [2.24, 2.45) is 7.05 Å². The highest BCUT2D eigenvalue weighted by molar-refractivity contribution is 5.54. The molecule has 21 heavy (non-hydrogen) atoms. The smallest absolute Gasteiger partial charge is 0.330 e. The minimum atomic E-state index is -0.435. The number of rotatable bonds is 8. The molecule has 0 fully saturated rings. The molecule has 0 saturated carbocycles. The van der Waals surface area contributed by atoms with Crippen LogP contribution in [0, 0.1) is 10.1 Å². The van der Waals surface area contributed by atoms with Gasteiger partial charge in [0.25, 0.3) is 0 Å². The number of hydrogen-bond donors (Lipinski definition) is 2. The first-order valence-corrected chi connectivity index (χ1v) is 6.68. The Kier molecular flexibility index (Phi) is 5.22. The Balaban J connectivity index is 1.67. The van der Waals surface area contributed by atoms with E-state index in [4.69, 9.17) is 0 Å². The van der Waals surface area contributed by atoms with Crippen LogP contribution in [0.2, 0.25) is 0 Å². The Hall–Kier alpha value is -2.48. The molecular weight excluding hydrogens is 272 g/mol. The first-order chi connectivity index (χ1) is 10.2. The Morgan fingerprint density at radius 2 is 2.29 bits per heavy atom. The molecule has 2 N–H and O–H groups in total. The summed E-state index contributed by atoms with van der Waals surface area (Å²) in [5.74, 6) is 0.315. The monoisotopic (exact) mass is 290 g/mol. The van der Waals surface area contributed by atoms with Gasteiger partial charge >= 0.3 is 5.69 Å². The molecule has 0 aliphatic carbocycles. The Morgan fingerprint density at radius 3 is 3.00 bits per heavy atom. The van der Waals surface area contributed by atoms with Crippen LogP contribution in [0.4, 0.5) is 11.5 Å². The zero-order valence-corrected chi connectivity index (χ0v) is 11.8. The van der Waals surface area contributed by atoms with Gasteiger partial charge < -0.3 is 10.6 Å². The first-order valence-electron chi connectivity index (χ1n) is 6.68. The van der Waals surface area contributed by atoms with E-state index in [0.29, 0.717) is 12.4 Å². The lowest BCUT2D eigenvalue weighted by atomic mass is 10.3. The summed E-state index contributed by atoms with van der Waals surface area (Å²) in [6.45, 7) is 2.19. The van der Waals surface area contributed by atoms with Gasteiger partial charge in [-0.05, 0) is 24.6 Å². The normalized spacial score (nSPS) is 10.5. The molecule has 0 saturated heterocycles. The topological polar surface area (TPSA) is 97.9 Å². The third-order valence-electron chi connectivity index (χ3n) is 2.88. The van der Waals surface area contributed by atoms with Crippen LogP contribution in [-0.2, 0) is 13.6 Å². The minimum Gasteiger partial charge on any atom is -0.363 e. The van der Waals surface area contributed by atoms with Gasteiger partial charge in [0.05, 0.1) is 4.92 Å². The molecule has 0 atom stereocenters. The fraction of sp³-hybridized carbons (Fsp3) is 0.385. The van der Waals surface area contributed by atoms with Gasteiger partial charge in [0, 0.05) is 32.5 Å². The number of nitrogens with one attached hydrogen (secondary N) is 2. The summed E-state index contributed by atoms with van der Waals surface area (Å²) in [4.78, 5) is 14.4. The Morgan fingerprint density at radius 1 is 1.43 bits per heavy atom. The van der Waals surface area contributed by atoms with Crippen LogP contribution in [0.1, 0.15) is 12.0 Å². The number of anilines is 1. The van der Waals surface area contributed by atoms with E-state index in [1.165, 1.54) is 10.9 Å². The van der Waals surface area contributed by atoms with Crippen LogP contribution >= 0.6 is 0 Å². The van der Waals surface area contributed by atoms with Gasteiger partial charge in [0.2, 0.25) is 5.82 Å². The van der Waals surface area contributed by atoms with Crippen molar-refractivity contribution >= 4 is 11.5 Å². The van der Waals surface area contributed by atoms with Gasteiger partial charge in [0.15, 0.2) is 0 Å². The average molecular weight is 290 g/mol. The minimum absolute atomic E-state index is 0.000758. The molecule has 8 nitrogen and oxygen atoms in total. The van der Waals surface area contributed by atoms with Crippen molar-refractivity contribution in [1.82, 2.24) is 20.1 Å². The van der Waals surface area contributed by atoms with Gasteiger partial charge in [-0.2, -0.15) is 0 Å². The molecule has 0 radical (unpaired) electrons.